The van der Waals surface area contributed by atoms with E-state index in [0.29, 0.717) is 34.2 Å². The van der Waals surface area contributed by atoms with Crippen molar-refractivity contribution >= 4 is 17.2 Å². The zero-order chi connectivity index (χ0) is 18.3. The minimum absolute atomic E-state index is 0.318. The molecule has 0 saturated carbocycles. The van der Waals surface area contributed by atoms with Crippen LogP contribution in [0.25, 0.3) is 11.5 Å². The Kier molecular flexibility index (Phi) is 3.54. The number of aryl methyl sites for hydroxylation is 3. The van der Waals surface area contributed by atoms with E-state index in [1.165, 1.54) is 4.68 Å². The lowest BCUT2D eigenvalue weighted by atomic mass is 10.3. The number of nitrogens with one attached hydrogen (secondary N) is 1. The number of nitrogens with zero attached hydrogens (tertiary/aromatic N) is 9. The van der Waals surface area contributed by atoms with E-state index in [1.54, 1.807) is 29.8 Å². The van der Waals surface area contributed by atoms with Gasteiger partial charge in [-0.1, -0.05) is 6.07 Å². The molecule has 26 heavy (non-hydrogen) atoms. The molecule has 0 saturated heterocycles. The number of hydrogen-bond donors (Lipinski definition) is 1. The monoisotopic (exact) mass is 346 g/mol. The molecule has 0 aliphatic heterocycles. The molecule has 0 aliphatic rings. The van der Waals surface area contributed by atoms with Crippen LogP contribution in [0.4, 0.5) is 11.5 Å². The topological polar surface area (TPSA) is 125 Å². The van der Waals surface area contributed by atoms with Crippen LogP contribution in [0.1, 0.15) is 22.8 Å². The second-order valence-electron chi connectivity index (χ2n) is 5.69. The standard InChI is InChI=1S/C16H14N10/c1-9-12(8-17)15(26(23-9)13-6-4-5-7-18-13)21-20-14-10(2)24-25-11(3)19-22-16(14)25/h4-7,24H,1-3H3. The van der Waals surface area contributed by atoms with Gasteiger partial charge in [0.25, 0.3) is 0 Å². The van der Waals surface area contributed by atoms with Crippen LogP contribution in [0.5, 0.6) is 0 Å². The SMILES string of the molecule is Cc1nn(-c2ccccn2)c(N=Nc2c(C)[nH]n3c(C)nnc23)c1C#N. The first kappa shape index (κ1) is 15.6. The van der Waals surface area contributed by atoms with E-state index in [2.05, 4.69) is 41.7 Å². The van der Waals surface area contributed by atoms with Gasteiger partial charge in [0.15, 0.2) is 17.3 Å². The molecule has 0 atom stereocenters. The van der Waals surface area contributed by atoms with E-state index < -0.39 is 0 Å². The highest BCUT2D eigenvalue weighted by molar-refractivity contribution is 5.66. The number of hydrogen-bond acceptors (Lipinski definition) is 7. The van der Waals surface area contributed by atoms with Gasteiger partial charge in [0.2, 0.25) is 5.65 Å². The van der Waals surface area contributed by atoms with Crippen molar-refractivity contribution in [3.63, 3.8) is 0 Å². The lowest BCUT2D eigenvalue weighted by molar-refractivity contribution is 0.826. The maximum Gasteiger partial charge on any atom is 0.205 e. The van der Waals surface area contributed by atoms with Crippen LogP contribution in [0.15, 0.2) is 34.6 Å². The van der Waals surface area contributed by atoms with Crippen molar-refractivity contribution in [1.29, 1.82) is 5.26 Å². The molecular formula is C16H14N10. The maximum atomic E-state index is 9.49. The lowest BCUT2D eigenvalue weighted by Gasteiger charge is -2.01. The van der Waals surface area contributed by atoms with E-state index >= 15 is 0 Å². The van der Waals surface area contributed by atoms with Crippen molar-refractivity contribution in [3.8, 4) is 11.9 Å². The minimum atomic E-state index is 0.318. The van der Waals surface area contributed by atoms with Gasteiger partial charge in [0, 0.05) is 6.20 Å². The van der Waals surface area contributed by atoms with Crippen molar-refractivity contribution in [2.45, 2.75) is 20.8 Å². The fraction of sp³-hybridized carbons (Fsp3) is 0.188. The third kappa shape index (κ3) is 2.34. The van der Waals surface area contributed by atoms with Gasteiger partial charge >= 0.3 is 0 Å². The summed E-state index contributed by atoms with van der Waals surface area (Å²) in [6.07, 6.45) is 1.65. The number of nitriles is 1. The maximum absolute atomic E-state index is 9.49. The summed E-state index contributed by atoms with van der Waals surface area (Å²) < 4.78 is 3.24. The predicted molar refractivity (Wildman–Crippen MR) is 91.8 cm³/mol. The Bertz CT molecular complexity index is 1170. The Morgan fingerprint density at radius 2 is 2.00 bits per heavy atom. The predicted octanol–water partition coefficient (Wildman–Crippen LogP) is 2.85. The van der Waals surface area contributed by atoms with E-state index in [0.717, 1.165) is 11.5 Å². The summed E-state index contributed by atoms with van der Waals surface area (Å²) in [5, 5.41) is 33.7. The number of pyridine rings is 1. The molecule has 0 unspecified atom stereocenters. The first-order valence-corrected chi connectivity index (χ1v) is 7.83. The highest BCUT2D eigenvalue weighted by Gasteiger charge is 2.18. The molecule has 0 aliphatic carbocycles. The first-order valence-electron chi connectivity index (χ1n) is 7.83. The zero-order valence-electron chi connectivity index (χ0n) is 14.3. The summed E-state index contributed by atoms with van der Waals surface area (Å²) in [6, 6.07) is 7.56. The number of aromatic amines is 1. The molecule has 0 amide bonds. The molecule has 4 aromatic rings. The highest BCUT2D eigenvalue weighted by atomic mass is 15.4. The van der Waals surface area contributed by atoms with Gasteiger partial charge in [-0.2, -0.15) is 15.0 Å². The molecule has 1 N–H and O–H groups in total. The minimum Gasteiger partial charge on any atom is -0.293 e. The second kappa shape index (κ2) is 5.89. The number of aromatic nitrogens is 7. The average Bonchev–Trinajstić information content (AvgIpc) is 3.27. The first-order chi connectivity index (χ1) is 12.6. The fourth-order valence-corrected chi connectivity index (χ4v) is 2.63. The Morgan fingerprint density at radius 1 is 1.15 bits per heavy atom. The van der Waals surface area contributed by atoms with E-state index in [1.807, 2.05) is 19.9 Å². The van der Waals surface area contributed by atoms with Crippen LogP contribution in [-0.4, -0.2) is 34.6 Å². The van der Waals surface area contributed by atoms with Gasteiger partial charge < -0.3 is 0 Å². The smallest absolute Gasteiger partial charge is 0.205 e. The Balaban J connectivity index is 1.87. The average molecular weight is 346 g/mol. The van der Waals surface area contributed by atoms with Gasteiger partial charge in [-0.05, 0) is 32.9 Å². The molecule has 10 nitrogen and oxygen atoms in total. The Morgan fingerprint density at radius 3 is 2.73 bits per heavy atom. The third-order valence-electron chi connectivity index (χ3n) is 3.93. The van der Waals surface area contributed by atoms with Gasteiger partial charge in [-0.15, -0.1) is 20.4 Å². The molecule has 0 radical (unpaired) electrons. The van der Waals surface area contributed by atoms with Crippen molar-refractivity contribution in [2.24, 2.45) is 10.2 Å². The Labute approximate surface area is 147 Å². The van der Waals surface area contributed by atoms with Crippen LogP contribution in [0.2, 0.25) is 0 Å². The van der Waals surface area contributed by atoms with Gasteiger partial charge in [0.05, 0.1) is 11.4 Å². The summed E-state index contributed by atoms with van der Waals surface area (Å²) in [5.74, 6) is 1.59. The van der Waals surface area contributed by atoms with Crippen molar-refractivity contribution in [1.82, 2.24) is 34.6 Å². The normalized spacial score (nSPS) is 11.5. The third-order valence-corrected chi connectivity index (χ3v) is 3.93. The molecular weight excluding hydrogens is 332 g/mol. The molecule has 128 valence electrons. The molecule has 10 heteroatoms. The van der Waals surface area contributed by atoms with Crippen molar-refractivity contribution in [2.75, 3.05) is 0 Å². The summed E-state index contributed by atoms with van der Waals surface area (Å²) in [4.78, 5) is 4.27. The van der Waals surface area contributed by atoms with E-state index in [-0.39, 0.29) is 0 Å². The van der Waals surface area contributed by atoms with E-state index in [4.69, 9.17) is 0 Å². The van der Waals surface area contributed by atoms with Crippen LogP contribution < -0.4 is 0 Å². The summed E-state index contributed by atoms with van der Waals surface area (Å²) in [7, 11) is 0. The van der Waals surface area contributed by atoms with Crippen molar-refractivity contribution < 1.29 is 0 Å². The molecule has 4 heterocycles. The molecule has 0 bridgehead atoms. The number of rotatable bonds is 3. The molecule has 0 aromatic carbocycles. The van der Waals surface area contributed by atoms with Crippen LogP contribution in [-0.2, 0) is 0 Å². The Hall–Kier alpha value is -3.87. The zero-order valence-corrected chi connectivity index (χ0v) is 14.3. The summed E-state index contributed by atoms with van der Waals surface area (Å²) in [6.45, 7) is 5.46. The number of fused-ring (bicyclic) bond motifs is 1. The number of azo groups is 1. The summed E-state index contributed by atoms with van der Waals surface area (Å²) in [5.41, 5.74) is 2.83. The van der Waals surface area contributed by atoms with Crippen molar-refractivity contribution in [3.05, 3.63) is 47.2 Å². The van der Waals surface area contributed by atoms with Crippen LogP contribution in [0.3, 0.4) is 0 Å². The molecule has 4 rings (SSSR count). The van der Waals surface area contributed by atoms with E-state index in [9.17, 15) is 5.26 Å². The second-order valence-corrected chi connectivity index (χ2v) is 5.69. The van der Waals surface area contributed by atoms with Gasteiger partial charge in [-0.25, -0.2) is 9.50 Å². The van der Waals surface area contributed by atoms with Crippen LogP contribution >= 0.6 is 0 Å². The van der Waals surface area contributed by atoms with Gasteiger partial charge in [-0.3, -0.25) is 5.10 Å². The lowest BCUT2D eigenvalue weighted by Crippen LogP contribution is -1.98. The quantitative estimate of drug-likeness (QED) is 0.571. The highest BCUT2D eigenvalue weighted by Crippen LogP contribution is 2.29. The molecule has 4 aromatic heterocycles. The van der Waals surface area contributed by atoms with Crippen LogP contribution in [0, 0.1) is 32.1 Å². The molecule has 0 fully saturated rings. The molecule has 0 spiro atoms. The summed E-state index contributed by atoms with van der Waals surface area (Å²) >= 11 is 0. The van der Waals surface area contributed by atoms with Gasteiger partial charge in [0.1, 0.15) is 17.5 Å². The fourth-order valence-electron chi connectivity index (χ4n) is 2.63. The largest absolute Gasteiger partial charge is 0.293 e. The number of H-pyrrole nitrogens is 1.